The first-order valence-electron chi connectivity index (χ1n) is 6.83. The maximum Gasteiger partial charge on any atom is 0.347 e. The average molecular weight is 295 g/mol. The van der Waals surface area contributed by atoms with E-state index in [0.717, 1.165) is 16.6 Å². The third-order valence-electron chi connectivity index (χ3n) is 3.75. The Hall–Kier alpha value is -2.95. The van der Waals surface area contributed by atoms with Gasteiger partial charge in [0.25, 0.3) is 6.33 Å². The van der Waals surface area contributed by atoms with E-state index in [4.69, 9.17) is 4.42 Å². The van der Waals surface area contributed by atoms with Crippen LogP contribution in [0.3, 0.4) is 0 Å². The van der Waals surface area contributed by atoms with E-state index in [9.17, 15) is 9.18 Å². The highest BCUT2D eigenvalue weighted by molar-refractivity contribution is 6.00. The lowest BCUT2D eigenvalue weighted by molar-refractivity contribution is -0.652. The normalized spacial score (nSPS) is 11.4. The monoisotopic (exact) mass is 295 g/mol. The molecule has 0 N–H and O–H groups in total. The predicted octanol–water partition coefficient (Wildman–Crippen LogP) is 2.70. The Morgan fingerprint density at radius 1 is 1.05 bits per heavy atom. The van der Waals surface area contributed by atoms with Crippen molar-refractivity contribution in [2.24, 2.45) is 7.05 Å². The molecule has 0 unspecified atom stereocenters. The van der Waals surface area contributed by atoms with Crippen LogP contribution in [0.5, 0.6) is 0 Å². The standard InChI is InChI=1S/C17H12FN2O2/c1-19-10-20(12-8-6-11(18)7-9-12)15-13-4-2-3-5-14(13)17(21)22-16(15)19/h2-10H,1H3/q+1. The molecule has 0 atom stereocenters. The van der Waals surface area contributed by atoms with Crippen LogP contribution in [0.2, 0.25) is 0 Å². The number of halogens is 1. The minimum Gasteiger partial charge on any atom is -0.383 e. The maximum absolute atomic E-state index is 13.2. The number of benzene rings is 2. The van der Waals surface area contributed by atoms with Crippen molar-refractivity contribution in [1.82, 2.24) is 4.57 Å². The zero-order valence-electron chi connectivity index (χ0n) is 11.8. The lowest BCUT2D eigenvalue weighted by atomic mass is 10.1. The fourth-order valence-electron chi connectivity index (χ4n) is 2.73. The van der Waals surface area contributed by atoms with Crippen molar-refractivity contribution < 1.29 is 13.4 Å². The molecule has 4 nitrogen and oxygen atoms in total. The van der Waals surface area contributed by atoms with Gasteiger partial charge in [0.15, 0.2) is 0 Å². The lowest BCUT2D eigenvalue weighted by Crippen LogP contribution is -2.26. The van der Waals surface area contributed by atoms with Crippen molar-refractivity contribution in [1.29, 1.82) is 0 Å². The average Bonchev–Trinajstić information content (AvgIpc) is 2.86. The summed E-state index contributed by atoms with van der Waals surface area (Å²) in [7, 11) is 1.81. The van der Waals surface area contributed by atoms with Gasteiger partial charge in [-0.05, 0) is 36.4 Å². The van der Waals surface area contributed by atoms with Crippen LogP contribution in [0.15, 0.2) is 64.1 Å². The Morgan fingerprint density at radius 2 is 1.73 bits per heavy atom. The van der Waals surface area contributed by atoms with Crippen molar-refractivity contribution in [3.8, 4) is 5.69 Å². The van der Waals surface area contributed by atoms with Crippen molar-refractivity contribution in [3.63, 3.8) is 0 Å². The minimum absolute atomic E-state index is 0.291. The first-order chi connectivity index (χ1) is 10.6. The molecule has 2 aromatic heterocycles. The summed E-state index contributed by atoms with van der Waals surface area (Å²) in [5.74, 6) is -0.291. The number of rotatable bonds is 1. The van der Waals surface area contributed by atoms with Gasteiger partial charge in [-0.1, -0.05) is 12.1 Å². The molecule has 2 aromatic carbocycles. The van der Waals surface area contributed by atoms with Gasteiger partial charge in [-0.15, -0.1) is 0 Å². The fraction of sp³-hybridized carbons (Fsp3) is 0.0588. The van der Waals surface area contributed by atoms with Crippen LogP contribution in [0.25, 0.3) is 27.7 Å². The van der Waals surface area contributed by atoms with Gasteiger partial charge in [0.1, 0.15) is 11.5 Å². The van der Waals surface area contributed by atoms with Crippen LogP contribution in [0.4, 0.5) is 4.39 Å². The van der Waals surface area contributed by atoms with Gasteiger partial charge in [0.05, 0.1) is 12.4 Å². The molecule has 0 spiro atoms. The van der Waals surface area contributed by atoms with Gasteiger partial charge < -0.3 is 4.42 Å². The highest BCUT2D eigenvalue weighted by Crippen LogP contribution is 2.24. The summed E-state index contributed by atoms with van der Waals surface area (Å²) < 4.78 is 22.2. The SMILES string of the molecule is C[n+]1cn(-c2ccc(F)cc2)c2c3ccccc3c(=O)oc21. The van der Waals surface area contributed by atoms with Crippen molar-refractivity contribution in [2.45, 2.75) is 0 Å². The van der Waals surface area contributed by atoms with Gasteiger partial charge in [-0.2, -0.15) is 4.57 Å². The van der Waals surface area contributed by atoms with E-state index < -0.39 is 0 Å². The van der Waals surface area contributed by atoms with E-state index in [0.29, 0.717) is 11.1 Å². The molecule has 0 fully saturated rings. The predicted molar refractivity (Wildman–Crippen MR) is 80.5 cm³/mol. The van der Waals surface area contributed by atoms with E-state index >= 15 is 0 Å². The van der Waals surface area contributed by atoms with E-state index in [1.807, 2.05) is 23.0 Å². The molecule has 0 amide bonds. The van der Waals surface area contributed by atoms with Gasteiger partial charge >= 0.3 is 11.3 Å². The summed E-state index contributed by atoms with van der Waals surface area (Å²) in [4.78, 5) is 12.1. The quantitative estimate of drug-likeness (QED) is 0.506. The highest BCUT2D eigenvalue weighted by Gasteiger charge is 2.22. The Kier molecular flexibility index (Phi) is 2.63. The Morgan fingerprint density at radius 3 is 2.45 bits per heavy atom. The Balaban J connectivity index is 2.18. The number of nitrogens with zero attached hydrogens (tertiary/aromatic N) is 2. The molecular weight excluding hydrogens is 283 g/mol. The van der Waals surface area contributed by atoms with Crippen LogP contribution in [-0.2, 0) is 7.05 Å². The minimum atomic E-state index is -0.365. The molecule has 4 aromatic rings. The third kappa shape index (κ3) is 1.75. The van der Waals surface area contributed by atoms with Crippen molar-refractivity contribution in [3.05, 3.63) is 71.1 Å². The summed E-state index contributed by atoms with van der Waals surface area (Å²) in [5.41, 5.74) is 1.69. The maximum atomic E-state index is 13.2. The van der Waals surface area contributed by atoms with Gasteiger partial charge in [-0.3, -0.25) is 0 Å². The molecule has 2 heterocycles. The fourth-order valence-corrected chi connectivity index (χ4v) is 2.73. The molecule has 0 saturated heterocycles. The molecule has 0 saturated carbocycles. The van der Waals surface area contributed by atoms with Crippen molar-refractivity contribution >= 4 is 22.0 Å². The summed E-state index contributed by atoms with van der Waals surface area (Å²) in [6, 6.07) is 13.5. The molecule has 108 valence electrons. The van der Waals surface area contributed by atoms with Crippen LogP contribution < -0.4 is 10.2 Å². The number of fused-ring (bicyclic) bond motifs is 3. The molecule has 0 aliphatic heterocycles. The summed E-state index contributed by atoms with van der Waals surface area (Å²) in [6.07, 6.45) is 1.81. The topological polar surface area (TPSA) is 39.0 Å². The van der Waals surface area contributed by atoms with Crippen LogP contribution >= 0.6 is 0 Å². The number of aromatic nitrogens is 2. The first kappa shape index (κ1) is 12.8. The molecule has 0 radical (unpaired) electrons. The zero-order chi connectivity index (χ0) is 15.3. The molecule has 5 heteroatoms. The first-order valence-corrected chi connectivity index (χ1v) is 6.83. The van der Waals surface area contributed by atoms with E-state index in [1.165, 1.54) is 12.1 Å². The zero-order valence-corrected chi connectivity index (χ0v) is 11.8. The third-order valence-corrected chi connectivity index (χ3v) is 3.75. The second-order valence-corrected chi connectivity index (χ2v) is 5.16. The molecular formula is C17H12FN2O2+. The molecule has 0 bridgehead atoms. The Bertz CT molecular complexity index is 1060. The molecule has 22 heavy (non-hydrogen) atoms. The second-order valence-electron chi connectivity index (χ2n) is 5.16. The molecule has 0 aliphatic carbocycles. The van der Waals surface area contributed by atoms with Crippen LogP contribution in [0.1, 0.15) is 0 Å². The van der Waals surface area contributed by atoms with Crippen molar-refractivity contribution in [2.75, 3.05) is 0 Å². The van der Waals surface area contributed by atoms with Gasteiger partial charge in [-0.25, -0.2) is 13.8 Å². The number of imidazole rings is 1. The van der Waals surface area contributed by atoms with E-state index in [2.05, 4.69) is 0 Å². The summed E-state index contributed by atoms with van der Waals surface area (Å²) >= 11 is 0. The molecule has 0 aliphatic rings. The highest BCUT2D eigenvalue weighted by atomic mass is 19.1. The molecule has 4 rings (SSSR count). The van der Waals surface area contributed by atoms with Crippen LogP contribution in [-0.4, -0.2) is 4.57 Å². The number of aryl methyl sites for hydroxylation is 1. The van der Waals surface area contributed by atoms with Gasteiger partial charge in [0.2, 0.25) is 5.52 Å². The smallest absolute Gasteiger partial charge is 0.347 e. The number of hydrogen-bond acceptors (Lipinski definition) is 2. The second kappa shape index (κ2) is 4.53. The number of hydrogen-bond donors (Lipinski definition) is 0. The lowest BCUT2D eigenvalue weighted by Gasteiger charge is -1.99. The summed E-state index contributed by atoms with van der Waals surface area (Å²) in [5, 5.41) is 1.33. The van der Waals surface area contributed by atoms with Crippen LogP contribution in [0, 0.1) is 5.82 Å². The van der Waals surface area contributed by atoms with Gasteiger partial charge in [0, 0.05) is 5.39 Å². The largest absolute Gasteiger partial charge is 0.383 e. The van der Waals surface area contributed by atoms with E-state index in [1.54, 1.807) is 35.9 Å². The van der Waals surface area contributed by atoms with E-state index in [-0.39, 0.29) is 11.4 Å². The Labute approximate surface area is 124 Å². The summed E-state index contributed by atoms with van der Waals surface area (Å²) in [6.45, 7) is 0.